The lowest BCUT2D eigenvalue weighted by molar-refractivity contribution is 0.312. The molecule has 4 rings (SSSR count). The van der Waals surface area contributed by atoms with E-state index in [1.165, 1.54) is 13.8 Å². The molecule has 1 nitrogen and oxygen atoms in total. The first-order valence-corrected chi connectivity index (χ1v) is 15.6. The van der Waals surface area contributed by atoms with Gasteiger partial charge >= 0.3 is 0 Å². The summed E-state index contributed by atoms with van der Waals surface area (Å²) < 4.78 is 226. The van der Waals surface area contributed by atoms with E-state index in [4.69, 9.17) is 0 Å². The molecule has 1 unspecified atom stereocenters. The summed E-state index contributed by atoms with van der Waals surface area (Å²) in [5, 5.41) is 9.22. The fourth-order valence-electron chi connectivity index (χ4n) is 6.01. The van der Waals surface area contributed by atoms with E-state index in [0.717, 1.165) is 24.3 Å². The predicted octanol–water partition coefficient (Wildman–Crippen LogP) is 9.67. The van der Waals surface area contributed by atoms with Gasteiger partial charge in [-0.2, -0.15) is 0 Å². The molecular formula is C30H16AlF15O. The van der Waals surface area contributed by atoms with Crippen molar-refractivity contribution in [3.8, 4) is 5.75 Å². The van der Waals surface area contributed by atoms with Crippen LogP contribution in [0.25, 0.3) is 0 Å². The largest absolute Gasteiger partial charge is 0.508 e. The van der Waals surface area contributed by atoms with Crippen LogP contribution in [0.5, 0.6) is 5.75 Å². The molecule has 0 aromatic heterocycles. The Bertz CT molecular complexity index is 1640. The standard InChI is InChI=1S/C26H6F15O.2C2H5.Al/c27-11-8(12(28)18(34)23(39)17(11)33)26(5-6-1-3-7(42)4-2-6,9-13(29)19(35)24(40)20(36)14(9)30)10-15(31)21(37)25(41)22(38)16(10)32;2*1-2;/h1-5,42H;2*1H2,2H3;. The second-order valence-electron chi connectivity index (χ2n) is 10.3. The summed E-state index contributed by atoms with van der Waals surface area (Å²) in [4.78, 5) is 0. The Kier molecular flexibility index (Phi) is 9.95. The number of aromatic hydroxyl groups is 1. The molecule has 47 heavy (non-hydrogen) atoms. The molecule has 0 saturated carbocycles. The summed E-state index contributed by atoms with van der Waals surface area (Å²) in [7, 11) is 0. The van der Waals surface area contributed by atoms with Crippen LogP contribution in [0.2, 0.25) is 10.6 Å². The second kappa shape index (κ2) is 13.0. The van der Waals surface area contributed by atoms with Gasteiger partial charge < -0.3 is 5.11 Å². The van der Waals surface area contributed by atoms with Crippen LogP contribution in [0.1, 0.15) is 40.9 Å². The first-order chi connectivity index (χ1) is 21.9. The monoisotopic (exact) mass is 704 g/mol. The first-order valence-electron chi connectivity index (χ1n) is 13.3. The summed E-state index contributed by atoms with van der Waals surface area (Å²) in [6, 6.07) is 2.98. The molecule has 0 aliphatic rings. The Hall–Kier alpha value is -3.84. The highest BCUT2D eigenvalue weighted by Crippen LogP contribution is 2.57. The van der Waals surface area contributed by atoms with Crippen molar-refractivity contribution in [3.05, 3.63) is 134 Å². The molecule has 1 atom stereocenters. The third-order valence-corrected chi connectivity index (χ3v) is 12.0. The number of hydrogen-bond donors (Lipinski definition) is 1. The van der Waals surface area contributed by atoms with Crippen molar-refractivity contribution in [1.82, 2.24) is 0 Å². The quantitative estimate of drug-likeness (QED) is 0.0637. The zero-order valence-electron chi connectivity index (χ0n) is 23.5. The zero-order valence-corrected chi connectivity index (χ0v) is 24.6. The minimum atomic E-state index is -4.63. The average Bonchev–Trinajstić information content (AvgIpc) is 3.05. The maximum Gasteiger partial charge on any atom is 0.273 e. The summed E-state index contributed by atoms with van der Waals surface area (Å²) >= 11 is -3.54. The molecule has 0 saturated heterocycles. The van der Waals surface area contributed by atoms with Crippen LogP contribution in [0, 0.1) is 87.3 Å². The van der Waals surface area contributed by atoms with Crippen LogP contribution < -0.4 is 0 Å². The Labute approximate surface area is 259 Å². The Morgan fingerprint density at radius 3 is 0.915 bits per heavy atom. The molecule has 0 spiro atoms. The third kappa shape index (κ3) is 5.22. The molecular weight excluding hydrogens is 688 g/mol. The van der Waals surface area contributed by atoms with Crippen molar-refractivity contribution in [3.63, 3.8) is 0 Å². The molecule has 4 aromatic carbocycles. The van der Waals surface area contributed by atoms with Gasteiger partial charge in [0, 0.05) is 16.7 Å². The summed E-state index contributed by atoms with van der Waals surface area (Å²) in [6.45, 7) is 2.52. The van der Waals surface area contributed by atoms with E-state index in [1.807, 2.05) is 0 Å². The van der Waals surface area contributed by atoms with Gasteiger partial charge in [-0.25, -0.2) is 65.9 Å². The lowest BCUT2D eigenvalue weighted by atomic mass is 9.63. The number of halogens is 15. The fourth-order valence-corrected chi connectivity index (χ4v) is 9.51. The molecule has 0 amide bonds. The SMILES string of the molecule is C[CH2][Al]([CH2]C)[CH](c1ccc(O)cc1)C(c1c(F)c(F)c(F)c(F)c1F)(c1c(F)c(F)c(F)c(F)c1F)c1c(F)c(F)c(F)c(F)c1F. The molecule has 0 aliphatic carbocycles. The molecule has 17 heteroatoms. The van der Waals surface area contributed by atoms with E-state index in [0.29, 0.717) is 0 Å². The summed E-state index contributed by atoms with van der Waals surface area (Å²) in [5.41, 5.74) is -13.3. The number of hydrogen-bond acceptors (Lipinski definition) is 1. The van der Waals surface area contributed by atoms with Crippen LogP contribution in [0.3, 0.4) is 0 Å². The zero-order chi connectivity index (χ0) is 35.4. The second-order valence-corrected chi connectivity index (χ2v) is 14.1. The van der Waals surface area contributed by atoms with Crippen LogP contribution in [-0.2, 0) is 5.41 Å². The lowest BCUT2D eigenvalue weighted by Crippen LogP contribution is -2.49. The van der Waals surface area contributed by atoms with Crippen molar-refractivity contribution in [1.29, 1.82) is 0 Å². The first kappa shape index (κ1) is 36.0. The molecule has 0 radical (unpaired) electrons. The van der Waals surface area contributed by atoms with Crippen LogP contribution in [0.4, 0.5) is 65.9 Å². The average molecular weight is 704 g/mol. The number of rotatable bonds is 8. The number of benzene rings is 4. The normalized spacial score (nSPS) is 12.5. The molecule has 0 heterocycles. The Morgan fingerprint density at radius 1 is 0.447 bits per heavy atom. The van der Waals surface area contributed by atoms with E-state index < -0.39 is 140 Å². The molecule has 0 aliphatic heterocycles. The van der Waals surface area contributed by atoms with Gasteiger partial charge in [-0.15, -0.1) is 0 Å². The predicted molar refractivity (Wildman–Crippen MR) is 136 cm³/mol. The Balaban J connectivity index is 2.62. The van der Waals surface area contributed by atoms with Crippen molar-refractivity contribution >= 4 is 14.1 Å². The molecule has 0 bridgehead atoms. The summed E-state index contributed by atoms with van der Waals surface area (Å²) in [6.07, 6.45) is 0. The van der Waals surface area contributed by atoms with Gasteiger partial charge in [0.15, 0.2) is 69.8 Å². The fraction of sp³-hybridized carbons (Fsp3) is 0.200. The molecule has 0 fully saturated rings. The van der Waals surface area contributed by atoms with Crippen LogP contribution >= 0.6 is 0 Å². The van der Waals surface area contributed by atoms with E-state index in [9.17, 15) is 44.6 Å². The van der Waals surface area contributed by atoms with Crippen molar-refractivity contribution < 1.29 is 71.0 Å². The molecule has 4 aromatic rings. The summed E-state index contributed by atoms with van der Waals surface area (Å²) in [5.74, 6) is -46.2. The maximum atomic E-state index is 16.0. The van der Waals surface area contributed by atoms with Crippen LogP contribution in [-0.4, -0.2) is 19.3 Å². The highest BCUT2D eigenvalue weighted by molar-refractivity contribution is 6.61. The topological polar surface area (TPSA) is 20.2 Å². The van der Waals surface area contributed by atoms with E-state index in [-0.39, 0.29) is 10.6 Å². The van der Waals surface area contributed by atoms with E-state index >= 15 is 26.3 Å². The van der Waals surface area contributed by atoms with Crippen molar-refractivity contribution in [2.45, 2.75) is 34.6 Å². The van der Waals surface area contributed by atoms with Gasteiger partial charge in [0.05, 0.1) is 5.41 Å². The van der Waals surface area contributed by atoms with Gasteiger partial charge in [-0.1, -0.05) is 42.1 Å². The smallest absolute Gasteiger partial charge is 0.273 e. The minimum absolute atomic E-state index is 0.315. The third-order valence-electron chi connectivity index (χ3n) is 8.05. The minimum Gasteiger partial charge on any atom is -0.508 e. The van der Waals surface area contributed by atoms with E-state index in [1.54, 1.807) is 0 Å². The van der Waals surface area contributed by atoms with Crippen molar-refractivity contribution in [2.75, 3.05) is 0 Å². The number of phenolic OH excluding ortho intramolecular Hbond substituents is 1. The maximum absolute atomic E-state index is 16.0. The lowest BCUT2D eigenvalue weighted by Gasteiger charge is -2.45. The van der Waals surface area contributed by atoms with Gasteiger partial charge in [-0.3, -0.25) is 0 Å². The van der Waals surface area contributed by atoms with Crippen LogP contribution in [0.15, 0.2) is 24.3 Å². The Morgan fingerprint density at radius 2 is 0.681 bits per heavy atom. The van der Waals surface area contributed by atoms with Gasteiger partial charge in [-0.05, 0) is 16.9 Å². The van der Waals surface area contributed by atoms with Gasteiger partial charge in [0.25, 0.3) is 14.1 Å². The molecule has 1 N–H and O–H groups in total. The van der Waals surface area contributed by atoms with E-state index in [2.05, 4.69) is 0 Å². The van der Waals surface area contributed by atoms with Crippen molar-refractivity contribution in [2.24, 2.45) is 0 Å². The highest BCUT2D eigenvalue weighted by atomic mass is 27.2. The van der Waals surface area contributed by atoms with Gasteiger partial charge in [0.2, 0.25) is 17.5 Å². The highest BCUT2D eigenvalue weighted by Gasteiger charge is 2.59. The molecule has 250 valence electrons. The number of phenols is 1. The van der Waals surface area contributed by atoms with Gasteiger partial charge in [0.1, 0.15) is 5.75 Å².